The van der Waals surface area contributed by atoms with Crippen LogP contribution in [-0.2, 0) is 14.9 Å². The van der Waals surface area contributed by atoms with Crippen LogP contribution in [0.1, 0.15) is 11.1 Å². The van der Waals surface area contributed by atoms with Gasteiger partial charge in [0, 0.05) is 7.11 Å². The Morgan fingerprint density at radius 1 is 0.913 bits per heavy atom. The van der Waals surface area contributed by atoms with Crippen molar-refractivity contribution in [1.82, 2.24) is 0 Å². The summed E-state index contributed by atoms with van der Waals surface area (Å²) >= 11 is 0. The Morgan fingerprint density at radius 3 is 1.78 bits per heavy atom. The number of nitrogens with zero attached hydrogens (tertiary/aromatic N) is 1. The average Bonchev–Trinajstić information content (AvgIpc) is 2.57. The second-order valence-corrected chi connectivity index (χ2v) is 5.08. The molecule has 3 nitrogen and oxygen atoms in total. The van der Waals surface area contributed by atoms with Gasteiger partial charge in [0.2, 0.25) is 0 Å². The predicted molar refractivity (Wildman–Crippen MR) is 81.9 cm³/mol. The van der Waals surface area contributed by atoms with Crippen molar-refractivity contribution < 1.29 is 18.3 Å². The fraction of sp³-hybridized carbons (Fsp3) is 0.278. The second kappa shape index (κ2) is 7.82. The highest BCUT2D eigenvalue weighted by Crippen LogP contribution is 2.32. The minimum atomic E-state index is -1.14. The molecule has 2 aromatic carbocycles. The number of benzene rings is 2. The van der Waals surface area contributed by atoms with Crippen molar-refractivity contribution in [3.8, 4) is 6.07 Å². The molecule has 0 bridgehead atoms. The smallest absolute Gasteiger partial charge is 0.130 e. The van der Waals surface area contributed by atoms with Crippen LogP contribution in [0, 0.1) is 23.0 Å². The summed E-state index contributed by atoms with van der Waals surface area (Å²) in [5.41, 5.74) is 0.0330. The highest BCUT2D eigenvalue weighted by atomic mass is 19.1. The third-order valence-corrected chi connectivity index (χ3v) is 3.62. The number of rotatable bonds is 7. The Bertz CT molecular complexity index is 617. The maximum atomic E-state index is 13.2. The molecule has 120 valence electrons. The fourth-order valence-electron chi connectivity index (χ4n) is 2.33. The molecule has 0 aromatic heterocycles. The summed E-state index contributed by atoms with van der Waals surface area (Å²) in [7, 11) is 1.56. The molecule has 0 atom stereocenters. The lowest BCUT2D eigenvalue weighted by molar-refractivity contribution is 0.0581. The zero-order chi connectivity index (χ0) is 16.7. The molecule has 0 fully saturated rings. The van der Waals surface area contributed by atoms with Crippen molar-refractivity contribution in [2.24, 2.45) is 0 Å². The second-order valence-electron chi connectivity index (χ2n) is 5.08. The van der Waals surface area contributed by atoms with Crippen molar-refractivity contribution in [1.29, 1.82) is 5.26 Å². The SMILES string of the molecule is COCCOCC(C#N)(c1ccc(F)cc1)c1ccc(F)cc1. The zero-order valence-corrected chi connectivity index (χ0v) is 12.8. The lowest BCUT2D eigenvalue weighted by Crippen LogP contribution is -2.32. The maximum Gasteiger partial charge on any atom is 0.130 e. The van der Waals surface area contributed by atoms with Gasteiger partial charge in [-0.15, -0.1) is 0 Å². The number of nitriles is 1. The first-order valence-electron chi connectivity index (χ1n) is 7.12. The van der Waals surface area contributed by atoms with Gasteiger partial charge in [-0.1, -0.05) is 24.3 Å². The summed E-state index contributed by atoms with van der Waals surface area (Å²) < 4.78 is 36.9. The summed E-state index contributed by atoms with van der Waals surface area (Å²) in [6.07, 6.45) is 0. The van der Waals surface area contributed by atoms with Crippen LogP contribution >= 0.6 is 0 Å². The highest BCUT2D eigenvalue weighted by Gasteiger charge is 2.35. The molecule has 0 spiro atoms. The van der Waals surface area contributed by atoms with Gasteiger partial charge >= 0.3 is 0 Å². The van der Waals surface area contributed by atoms with E-state index >= 15 is 0 Å². The molecule has 0 saturated heterocycles. The Balaban J connectivity index is 2.41. The van der Waals surface area contributed by atoms with E-state index in [1.807, 2.05) is 0 Å². The van der Waals surface area contributed by atoms with Gasteiger partial charge < -0.3 is 9.47 Å². The first kappa shape index (κ1) is 17.1. The van der Waals surface area contributed by atoms with Crippen LogP contribution in [0.5, 0.6) is 0 Å². The summed E-state index contributed by atoms with van der Waals surface area (Å²) in [5, 5.41) is 9.83. The summed E-state index contributed by atoms with van der Waals surface area (Å²) in [4.78, 5) is 0. The fourth-order valence-corrected chi connectivity index (χ4v) is 2.33. The molecule has 23 heavy (non-hydrogen) atoms. The highest BCUT2D eigenvalue weighted by molar-refractivity contribution is 5.46. The number of halogens is 2. The molecule has 2 rings (SSSR count). The van der Waals surface area contributed by atoms with Crippen molar-refractivity contribution in [3.05, 3.63) is 71.3 Å². The van der Waals surface area contributed by atoms with E-state index in [2.05, 4.69) is 6.07 Å². The Kier molecular flexibility index (Phi) is 5.80. The van der Waals surface area contributed by atoms with Gasteiger partial charge in [-0.05, 0) is 35.4 Å². The van der Waals surface area contributed by atoms with Gasteiger partial charge in [0.05, 0.1) is 25.9 Å². The molecule has 0 amide bonds. The van der Waals surface area contributed by atoms with E-state index < -0.39 is 5.41 Å². The Morgan fingerprint density at radius 2 is 1.39 bits per heavy atom. The molecule has 0 N–H and O–H groups in total. The van der Waals surface area contributed by atoms with E-state index in [4.69, 9.17) is 9.47 Å². The third-order valence-electron chi connectivity index (χ3n) is 3.62. The summed E-state index contributed by atoms with van der Waals surface area (Å²) in [5.74, 6) is -0.778. The normalized spacial score (nSPS) is 11.2. The first-order chi connectivity index (χ1) is 11.1. The third kappa shape index (κ3) is 3.92. The molecule has 2 aromatic rings. The molecule has 0 radical (unpaired) electrons. The number of hydrogen-bond donors (Lipinski definition) is 0. The molecule has 0 aliphatic carbocycles. The molecule has 0 unspecified atom stereocenters. The number of ether oxygens (including phenoxy) is 2. The largest absolute Gasteiger partial charge is 0.382 e. The van der Waals surface area contributed by atoms with Gasteiger partial charge in [0.1, 0.15) is 17.0 Å². The zero-order valence-electron chi connectivity index (χ0n) is 12.8. The van der Waals surface area contributed by atoms with Crippen LogP contribution in [0.3, 0.4) is 0 Å². The topological polar surface area (TPSA) is 42.2 Å². The molecule has 5 heteroatoms. The van der Waals surface area contributed by atoms with E-state index in [0.717, 1.165) is 0 Å². The molecule has 0 aliphatic heterocycles. The monoisotopic (exact) mass is 317 g/mol. The molecule has 0 saturated carbocycles. The van der Waals surface area contributed by atoms with Crippen LogP contribution in [-0.4, -0.2) is 26.9 Å². The lowest BCUT2D eigenvalue weighted by atomic mass is 9.76. The van der Waals surface area contributed by atoms with Crippen molar-refractivity contribution in [2.75, 3.05) is 26.9 Å². The molecule has 0 heterocycles. The van der Waals surface area contributed by atoms with Crippen LogP contribution in [0.4, 0.5) is 8.78 Å². The quantitative estimate of drug-likeness (QED) is 0.735. The minimum Gasteiger partial charge on any atom is -0.382 e. The van der Waals surface area contributed by atoms with Crippen LogP contribution in [0.25, 0.3) is 0 Å². The van der Waals surface area contributed by atoms with Crippen molar-refractivity contribution >= 4 is 0 Å². The van der Waals surface area contributed by atoms with E-state index in [0.29, 0.717) is 24.3 Å². The van der Waals surface area contributed by atoms with Gasteiger partial charge in [0.25, 0.3) is 0 Å². The van der Waals surface area contributed by atoms with E-state index in [-0.39, 0.29) is 18.2 Å². The first-order valence-corrected chi connectivity index (χ1v) is 7.12. The minimum absolute atomic E-state index is 0.0596. The van der Waals surface area contributed by atoms with E-state index in [1.54, 1.807) is 31.4 Å². The standard InChI is InChI=1S/C18H17F2NO2/c1-22-10-11-23-13-18(12-21,14-2-6-16(19)7-3-14)15-4-8-17(20)9-5-15/h2-9H,10-11,13H2,1H3. The van der Waals surface area contributed by atoms with Gasteiger partial charge in [-0.3, -0.25) is 0 Å². The van der Waals surface area contributed by atoms with Crippen LogP contribution in [0.15, 0.2) is 48.5 Å². The lowest BCUT2D eigenvalue weighted by Gasteiger charge is -2.27. The molecular formula is C18H17F2NO2. The van der Waals surface area contributed by atoms with E-state index in [9.17, 15) is 14.0 Å². The predicted octanol–water partition coefficient (Wildman–Crippen LogP) is 3.44. The van der Waals surface area contributed by atoms with Crippen LogP contribution < -0.4 is 0 Å². The van der Waals surface area contributed by atoms with Crippen molar-refractivity contribution in [2.45, 2.75) is 5.41 Å². The number of hydrogen-bond acceptors (Lipinski definition) is 3. The summed E-state index contributed by atoms with van der Waals surface area (Å²) in [6.45, 7) is 0.779. The molecular weight excluding hydrogens is 300 g/mol. The van der Waals surface area contributed by atoms with E-state index in [1.165, 1.54) is 24.3 Å². The molecule has 0 aliphatic rings. The van der Waals surface area contributed by atoms with Gasteiger partial charge in [0.15, 0.2) is 0 Å². The van der Waals surface area contributed by atoms with Gasteiger partial charge in [-0.25, -0.2) is 8.78 Å². The summed E-state index contributed by atoms with van der Waals surface area (Å²) in [6, 6.07) is 13.6. The average molecular weight is 317 g/mol. The Labute approximate surface area is 134 Å². The van der Waals surface area contributed by atoms with Crippen LogP contribution in [0.2, 0.25) is 0 Å². The maximum absolute atomic E-state index is 13.2. The number of methoxy groups -OCH3 is 1. The Hall–Kier alpha value is -2.29. The van der Waals surface area contributed by atoms with Gasteiger partial charge in [-0.2, -0.15) is 5.26 Å². The van der Waals surface area contributed by atoms with Crippen molar-refractivity contribution in [3.63, 3.8) is 0 Å².